The molecule has 0 aliphatic heterocycles. The van der Waals surface area contributed by atoms with Crippen LogP contribution in [0.4, 0.5) is 4.79 Å². The molecule has 1 amide bonds. The Morgan fingerprint density at radius 1 is 1.28 bits per heavy atom. The highest BCUT2D eigenvalue weighted by atomic mass is 16.5. The number of hydrogen-bond donors (Lipinski definition) is 2. The zero-order valence-electron chi connectivity index (χ0n) is 14.4. The highest BCUT2D eigenvalue weighted by Gasteiger charge is 2.25. The van der Waals surface area contributed by atoms with Crippen LogP contribution in [0, 0.1) is 5.92 Å². The average Bonchev–Trinajstić information content (AvgIpc) is 3.02. The molecule has 0 aliphatic rings. The molecule has 2 aromatic rings. The first-order chi connectivity index (χ1) is 12.0. The van der Waals surface area contributed by atoms with Crippen molar-refractivity contribution in [3.05, 3.63) is 54.1 Å². The molecular weight excluding hydrogens is 322 g/mol. The zero-order chi connectivity index (χ0) is 18.2. The summed E-state index contributed by atoms with van der Waals surface area (Å²) in [5, 5.41) is 11.3. The van der Waals surface area contributed by atoms with Gasteiger partial charge in [0.1, 0.15) is 12.4 Å². The lowest BCUT2D eigenvalue weighted by Crippen LogP contribution is -2.41. The predicted octanol–water partition coefficient (Wildman–Crippen LogP) is 2.92. The number of carbonyl (C=O) groups is 2. The van der Waals surface area contributed by atoms with E-state index in [0.717, 1.165) is 5.56 Å². The van der Waals surface area contributed by atoms with E-state index in [9.17, 15) is 9.59 Å². The van der Waals surface area contributed by atoms with Crippen LogP contribution in [0.2, 0.25) is 0 Å². The maximum Gasteiger partial charge on any atom is 0.405 e. The Hall–Kier alpha value is -2.67. The summed E-state index contributed by atoms with van der Waals surface area (Å²) in [5.74, 6) is -0.136. The Balaban J connectivity index is 2.02. The van der Waals surface area contributed by atoms with Crippen LogP contribution >= 0.6 is 0 Å². The maximum absolute atomic E-state index is 12.7. The Kier molecular flexibility index (Phi) is 6.71. The van der Waals surface area contributed by atoms with Crippen molar-refractivity contribution in [3.63, 3.8) is 0 Å². The number of carbonyl (C=O) groups excluding carboxylic acids is 1. The fourth-order valence-corrected chi connectivity index (χ4v) is 2.50. The summed E-state index contributed by atoms with van der Waals surface area (Å²) >= 11 is 0. The van der Waals surface area contributed by atoms with E-state index in [1.165, 1.54) is 12.5 Å². The van der Waals surface area contributed by atoms with E-state index in [1.807, 2.05) is 44.2 Å². The second kappa shape index (κ2) is 8.98. The van der Waals surface area contributed by atoms with Crippen LogP contribution in [-0.2, 0) is 18.1 Å². The second-order valence-corrected chi connectivity index (χ2v) is 6.21. The third-order valence-electron chi connectivity index (χ3n) is 3.63. The summed E-state index contributed by atoms with van der Waals surface area (Å²) in [6.07, 6.45) is 2.14. The largest absolute Gasteiger partial charge is 0.465 e. The minimum Gasteiger partial charge on any atom is -0.465 e. The standard InChI is InChI=1S/C18H23N3O4/c1-13(2)8-15(20-18(23)24)17(22)16-9-19-11-21(16)12-25-10-14-6-4-3-5-7-14/h3-7,9,11,13,15,20H,8,10,12H2,1-2H3,(H,23,24)/t15-/m0/s1. The molecule has 0 saturated heterocycles. The van der Waals surface area contributed by atoms with Gasteiger partial charge in [0.2, 0.25) is 5.78 Å². The zero-order valence-corrected chi connectivity index (χ0v) is 14.4. The molecule has 0 radical (unpaired) electrons. The summed E-state index contributed by atoms with van der Waals surface area (Å²) < 4.78 is 7.22. The number of benzene rings is 1. The lowest BCUT2D eigenvalue weighted by Gasteiger charge is -2.18. The number of Topliss-reactive ketones (excluding diaryl/α,β-unsaturated/α-hetero) is 1. The van der Waals surface area contributed by atoms with Crippen LogP contribution < -0.4 is 5.32 Å². The molecule has 2 N–H and O–H groups in total. The maximum atomic E-state index is 12.7. The summed E-state index contributed by atoms with van der Waals surface area (Å²) in [7, 11) is 0. The molecule has 2 rings (SSSR count). The van der Waals surface area contributed by atoms with Crippen molar-refractivity contribution < 1.29 is 19.4 Å². The fourth-order valence-electron chi connectivity index (χ4n) is 2.50. The van der Waals surface area contributed by atoms with Gasteiger partial charge < -0.3 is 19.7 Å². The summed E-state index contributed by atoms with van der Waals surface area (Å²) in [4.78, 5) is 27.7. The van der Waals surface area contributed by atoms with E-state index >= 15 is 0 Å². The molecule has 0 saturated carbocycles. The van der Waals surface area contributed by atoms with E-state index in [-0.39, 0.29) is 18.4 Å². The van der Waals surface area contributed by atoms with Crippen LogP contribution in [0.3, 0.4) is 0 Å². The number of hydrogen-bond acceptors (Lipinski definition) is 4. The monoisotopic (exact) mass is 345 g/mol. The summed E-state index contributed by atoms with van der Waals surface area (Å²) in [5.41, 5.74) is 1.35. The molecule has 25 heavy (non-hydrogen) atoms. The number of nitrogens with zero attached hydrogens (tertiary/aromatic N) is 2. The lowest BCUT2D eigenvalue weighted by atomic mass is 9.99. The first-order valence-corrected chi connectivity index (χ1v) is 8.13. The third-order valence-corrected chi connectivity index (χ3v) is 3.63. The van der Waals surface area contributed by atoms with E-state index < -0.39 is 12.1 Å². The van der Waals surface area contributed by atoms with Gasteiger partial charge in [-0.15, -0.1) is 0 Å². The van der Waals surface area contributed by atoms with Crippen LogP contribution in [0.15, 0.2) is 42.9 Å². The number of ketones is 1. The molecule has 1 aromatic carbocycles. The predicted molar refractivity (Wildman–Crippen MR) is 92.2 cm³/mol. The number of nitrogens with one attached hydrogen (secondary N) is 1. The molecule has 0 fully saturated rings. The van der Waals surface area contributed by atoms with Crippen molar-refractivity contribution in [2.75, 3.05) is 0 Å². The third kappa shape index (κ3) is 5.72. The molecule has 1 heterocycles. The van der Waals surface area contributed by atoms with Crippen molar-refractivity contribution in [1.82, 2.24) is 14.9 Å². The van der Waals surface area contributed by atoms with Crippen LogP contribution in [-0.4, -0.2) is 32.6 Å². The van der Waals surface area contributed by atoms with Crippen molar-refractivity contribution in [3.8, 4) is 0 Å². The average molecular weight is 345 g/mol. The van der Waals surface area contributed by atoms with Crippen LogP contribution in [0.25, 0.3) is 0 Å². The normalized spacial score (nSPS) is 12.1. The van der Waals surface area contributed by atoms with Crippen LogP contribution in [0.1, 0.15) is 36.3 Å². The van der Waals surface area contributed by atoms with Gasteiger partial charge >= 0.3 is 6.09 Å². The topological polar surface area (TPSA) is 93.5 Å². The number of imidazole rings is 1. The van der Waals surface area contributed by atoms with Crippen LogP contribution in [0.5, 0.6) is 0 Å². The van der Waals surface area contributed by atoms with E-state index in [4.69, 9.17) is 9.84 Å². The van der Waals surface area contributed by atoms with Gasteiger partial charge in [-0.25, -0.2) is 9.78 Å². The Morgan fingerprint density at radius 2 is 2.00 bits per heavy atom. The van der Waals surface area contributed by atoms with E-state index in [2.05, 4.69) is 10.3 Å². The Morgan fingerprint density at radius 3 is 2.64 bits per heavy atom. The highest BCUT2D eigenvalue weighted by molar-refractivity contribution is 5.99. The lowest BCUT2D eigenvalue weighted by molar-refractivity contribution is 0.0601. The smallest absolute Gasteiger partial charge is 0.405 e. The number of ether oxygens (including phenoxy) is 1. The van der Waals surface area contributed by atoms with Gasteiger partial charge in [0.05, 0.1) is 25.2 Å². The molecule has 7 nitrogen and oxygen atoms in total. The number of amides is 1. The van der Waals surface area contributed by atoms with Gasteiger partial charge in [-0.05, 0) is 17.9 Å². The molecule has 0 spiro atoms. The quantitative estimate of drug-likeness (QED) is 0.682. The molecule has 0 bridgehead atoms. The van der Waals surface area contributed by atoms with Gasteiger partial charge in [-0.1, -0.05) is 44.2 Å². The van der Waals surface area contributed by atoms with Gasteiger partial charge in [-0.3, -0.25) is 4.79 Å². The minimum absolute atomic E-state index is 0.164. The number of rotatable bonds is 9. The highest BCUT2D eigenvalue weighted by Crippen LogP contribution is 2.12. The summed E-state index contributed by atoms with van der Waals surface area (Å²) in [6.45, 7) is 4.45. The van der Waals surface area contributed by atoms with Crippen molar-refractivity contribution in [2.45, 2.75) is 39.6 Å². The Labute approximate surface area is 146 Å². The van der Waals surface area contributed by atoms with Gasteiger partial charge in [0.15, 0.2) is 0 Å². The van der Waals surface area contributed by atoms with Gasteiger partial charge in [0.25, 0.3) is 0 Å². The molecule has 7 heteroatoms. The first kappa shape index (κ1) is 18.7. The van der Waals surface area contributed by atoms with Crippen molar-refractivity contribution >= 4 is 11.9 Å². The molecule has 0 unspecified atom stereocenters. The molecule has 134 valence electrons. The van der Waals surface area contributed by atoms with E-state index in [0.29, 0.717) is 18.7 Å². The van der Waals surface area contributed by atoms with Gasteiger partial charge in [0, 0.05) is 0 Å². The fraction of sp³-hybridized carbons (Fsp3) is 0.389. The first-order valence-electron chi connectivity index (χ1n) is 8.13. The van der Waals surface area contributed by atoms with Crippen molar-refractivity contribution in [2.24, 2.45) is 5.92 Å². The number of aromatic nitrogens is 2. The van der Waals surface area contributed by atoms with Gasteiger partial charge in [-0.2, -0.15) is 0 Å². The minimum atomic E-state index is -1.22. The SMILES string of the molecule is CC(C)C[C@H](NC(=O)O)C(=O)c1cncn1COCc1ccccc1. The second-order valence-electron chi connectivity index (χ2n) is 6.21. The molecule has 1 atom stereocenters. The molecule has 1 aromatic heterocycles. The summed E-state index contributed by atoms with van der Waals surface area (Å²) in [6, 6.07) is 8.89. The van der Waals surface area contributed by atoms with Crippen molar-refractivity contribution in [1.29, 1.82) is 0 Å². The number of carboxylic acid groups (broad SMARTS) is 1. The molecular formula is C18H23N3O4. The Bertz CT molecular complexity index is 697. The van der Waals surface area contributed by atoms with E-state index in [1.54, 1.807) is 4.57 Å². The molecule has 0 aliphatic carbocycles.